The predicted molar refractivity (Wildman–Crippen MR) is 111 cm³/mol. The number of nitrogens with zero attached hydrogens (tertiary/aromatic N) is 4. The van der Waals surface area contributed by atoms with Crippen molar-refractivity contribution in [1.29, 1.82) is 0 Å². The molecular formula is C18H28N4O10. The first-order valence-corrected chi connectivity index (χ1v) is 10.3. The van der Waals surface area contributed by atoms with Gasteiger partial charge in [0.05, 0.1) is 19.7 Å². The van der Waals surface area contributed by atoms with Gasteiger partial charge >= 0.3 is 28.8 Å². The van der Waals surface area contributed by atoms with Crippen LogP contribution in [-0.2, 0) is 4.79 Å². The summed E-state index contributed by atoms with van der Waals surface area (Å²) in [6.45, 7) is 1.83. The second-order valence-electron chi connectivity index (χ2n) is 7.11. The molecular weight excluding hydrogens is 432 g/mol. The second kappa shape index (κ2) is 15.4. The van der Waals surface area contributed by atoms with Crippen molar-refractivity contribution in [2.75, 3.05) is 0 Å². The molecule has 0 saturated heterocycles. The van der Waals surface area contributed by atoms with Gasteiger partial charge in [0.25, 0.3) is 0 Å². The fourth-order valence-electron chi connectivity index (χ4n) is 3.03. The van der Waals surface area contributed by atoms with Crippen molar-refractivity contribution in [2.45, 2.75) is 84.0 Å². The van der Waals surface area contributed by atoms with Gasteiger partial charge in [-0.2, -0.15) is 0 Å². The molecule has 0 aliphatic carbocycles. The molecule has 0 aliphatic rings. The van der Waals surface area contributed by atoms with E-state index < -0.39 is 54.9 Å². The number of allylic oxidation sites excluding steroid dienone is 2. The van der Waals surface area contributed by atoms with Crippen LogP contribution < -0.4 is 0 Å². The van der Waals surface area contributed by atoms with Gasteiger partial charge < -0.3 is 5.11 Å². The number of hydrogen-bond acceptors (Lipinski definition) is 9. The second-order valence-corrected chi connectivity index (χ2v) is 7.11. The molecule has 0 aliphatic heterocycles. The largest absolute Gasteiger partial charge is 0.481 e. The maximum Gasteiger partial charge on any atom is 0.329 e. The summed E-state index contributed by atoms with van der Waals surface area (Å²) in [5.41, 5.74) is -3.67. The topological polar surface area (TPSA) is 210 Å². The molecule has 180 valence electrons. The zero-order valence-corrected chi connectivity index (χ0v) is 17.9. The third kappa shape index (κ3) is 11.1. The summed E-state index contributed by atoms with van der Waals surface area (Å²) >= 11 is 0. The van der Waals surface area contributed by atoms with E-state index >= 15 is 0 Å². The van der Waals surface area contributed by atoms with Crippen molar-refractivity contribution < 1.29 is 29.6 Å². The van der Waals surface area contributed by atoms with Gasteiger partial charge in [0.2, 0.25) is 0 Å². The molecule has 14 heteroatoms. The number of rotatable bonds is 18. The van der Waals surface area contributed by atoms with Crippen LogP contribution in [0.1, 0.15) is 84.0 Å². The van der Waals surface area contributed by atoms with Gasteiger partial charge in [-0.25, -0.2) is 0 Å². The molecule has 0 rings (SSSR count). The first-order valence-electron chi connectivity index (χ1n) is 10.3. The lowest BCUT2D eigenvalue weighted by atomic mass is 10.0. The van der Waals surface area contributed by atoms with E-state index in [1.165, 1.54) is 0 Å². The minimum Gasteiger partial charge on any atom is -0.481 e. The zero-order chi connectivity index (χ0) is 24.7. The van der Waals surface area contributed by atoms with E-state index in [-0.39, 0.29) is 32.1 Å². The minimum absolute atomic E-state index is 0.00143. The molecule has 0 aromatic heterocycles. The first kappa shape index (κ1) is 28.6. The van der Waals surface area contributed by atoms with Crippen LogP contribution in [0.3, 0.4) is 0 Å². The fourth-order valence-corrected chi connectivity index (χ4v) is 3.03. The molecule has 32 heavy (non-hydrogen) atoms. The van der Waals surface area contributed by atoms with Crippen molar-refractivity contribution in [2.24, 2.45) is 0 Å². The molecule has 0 fully saturated rings. The average molecular weight is 460 g/mol. The van der Waals surface area contributed by atoms with Crippen molar-refractivity contribution >= 4 is 5.97 Å². The Balaban J connectivity index is 5.64. The van der Waals surface area contributed by atoms with Crippen LogP contribution >= 0.6 is 0 Å². The minimum atomic E-state index is -1.13. The number of carboxylic acid groups (broad SMARTS) is 1. The Kier molecular flexibility index (Phi) is 13.7. The van der Waals surface area contributed by atoms with Crippen LogP contribution in [-0.4, -0.2) is 30.8 Å². The van der Waals surface area contributed by atoms with Crippen LogP contribution in [0.25, 0.3) is 0 Å². The maximum absolute atomic E-state index is 11.5. The summed E-state index contributed by atoms with van der Waals surface area (Å²) in [5.74, 6) is -0.933. The maximum atomic E-state index is 11.5. The summed E-state index contributed by atoms with van der Waals surface area (Å²) in [4.78, 5) is 51.9. The molecule has 0 heterocycles. The van der Waals surface area contributed by atoms with Gasteiger partial charge in [-0.05, 0) is 19.3 Å². The summed E-state index contributed by atoms with van der Waals surface area (Å²) in [7, 11) is 0. The highest BCUT2D eigenvalue weighted by Crippen LogP contribution is 2.26. The Bertz CT molecular complexity index is 776. The molecule has 0 radical (unpaired) electrons. The van der Waals surface area contributed by atoms with Gasteiger partial charge in [0.1, 0.15) is 6.42 Å². The number of nitro groups is 4. The van der Waals surface area contributed by atoms with Crippen LogP contribution in [0.2, 0.25) is 0 Å². The Morgan fingerprint density at radius 3 is 1.28 bits per heavy atom. The Morgan fingerprint density at radius 2 is 0.938 bits per heavy atom. The van der Waals surface area contributed by atoms with E-state index in [0.717, 1.165) is 0 Å². The van der Waals surface area contributed by atoms with Gasteiger partial charge in [-0.1, -0.05) is 39.0 Å². The summed E-state index contributed by atoms with van der Waals surface area (Å²) < 4.78 is 0. The van der Waals surface area contributed by atoms with Gasteiger partial charge in [0.15, 0.2) is 0 Å². The Labute approximate surface area is 183 Å². The average Bonchev–Trinajstić information content (AvgIpc) is 2.68. The molecule has 0 bridgehead atoms. The Morgan fingerprint density at radius 1 is 0.594 bits per heavy atom. The molecule has 0 aromatic carbocycles. The quantitative estimate of drug-likeness (QED) is 0.174. The van der Waals surface area contributed by atoms with Crippen molar-refractivity contribution in [1.82, 2.24) is 0 Å². The molecule has 1 N–H and O–H groups in total. The molecule has 0 spiro atoms. The number of carboxylic acids is 1. The fraction of sp³-hybridized carbons (Fsp3) is 0.722. The lowest BCUT2D eigenvalue weighted by Gasteiger charge is -2.04. The molecule has 0 unspecified atom stereocenters. The van der Waals surface area contributed by atoms with Crippen LogP contribution in [0, 0.1) is 40.5 Å². The SMILES string of the molecule is CCCCC/C(=C(/C/C(=C(\CCCCCCCC(=O)O)[N+](=O)[O-])[N+](=O)[O-])[N+](=O)[O-])[N+](=O)[O-]. The lowest BCUT2D eigenvalue weighted by molar-refractivity contribution is -0.491. The van der Waals surface area contributed by atoms with Gasteiger partial charge in [-0.15, -0.1) is 0 Å². The van der Waals surface area contributed by atoms with Gasteiger partial charge in [-0.3, -0.25) is 45.3 Å². The molecule has 0 amide bonds. The molecule has 14 nitrogen and oxygen atoms in total. The van der Waals surface area contributed by atoms with E-state index in [4.69, 9.17) is 5.11 Å². The van der Waals surface area contributed by atoms with E-state index in [1.54, 1.807) is 0 Å². The summed E-state index contributed by atoms with van der Waals surface area (Å²) in [6, 6.07) is 0. The number of carbonyl (C=O) groups is 1. The highest BCUT2D eigenvalue weighted by atomic mass is 16.6. The monoisotopic (exact) mass is 460 g/mol. The lowest BCUT2D eigenvalue weighted by Crippen LogP contribution is -2.16. The summed E-state index contributed by atoms with van der Waals surface area (Å²) in [5, 5.41) is 54.2. The molecule has 0 saturated carbocycles. The van der Waals surface area contributed by atoms with Crippen molar-refractivity contribution in [3.63, 3.8) is 0 Å². The highest BCUT2D eigenvalue weighted by Gasteiger charge is 2.38. The van der Waals surface area contributed by atoms with Crippen LogP contribution in [0.4, 0.5) is 0 Å². The van der Waals surface area contributed by atoms with Crippen molar-refractivity contribution in [3.05, 3.63) is 63.2 Å². The van der Waals surface area contributed by atoms with Crippen molar-refractivity contribution in [3.8, 4) is 0 Å². The zero-order valence-electron chi connectivity index (χ0n) is 17.9. The molecule has 0 atom stereocenters. The van der Waals surface area contributed by atoms with E-state index in [0.29, 0.717) is 38.5 Å². The smallest absolute Gasteiger partial charge is 0.329 e. The number of aliphatic carboxylic acids is 1. The van der Waals surface area contributed by atoms with Gasteiger partial charge in [0, 0.05) is 19.3 Å². The van der Waals surface area contributed by atoms with Crippen LogP contribution in [0.5, 0.6) is 0 Å². The summed E-state index contributed by atoms with van der Waals surface area (Å²) in [6.07, 6.45) is 1.98. The Hall–Kier alpha value is -3.45. The highest BCUT2D eigenvalue weighted by molar-refractivity contribution is 5.66. The van der Waals surface area contributed by atoms with E-state index in [2.05, 4.69) is 0 Å². The third-order valence-corrected chi connectivity index (χ3v) is 4.70. The molecule has 0 aromatic rings. The van der Waals surface area contributed by atoms with E-state index in [1.807, 2.05) is 6.92 Å². The third-order valence-electron chi connectivity index (χ3n) is 4.70. The van der Waals surface area contributed by atoms with Crippen LogP contribution in [0.15, 0.2) is 22.8 Å². The van der Waals surface area contributed by atoms with E-state index in [9.17, 15) is 45.3 Å². The standard InChI is InChI=1S/C18H28N4O10/c1-2-3-7-10-14(19(25)26)16(21(29)30)13-17(22(31)32)15(20(27)28)11-8-5-4-6-9-12-18(23)24/h2-13H2,1H3,(H,23,24)/b16-14+,17-15-. The number of hydrogen-bond donors (Lipinski definition) is 1. The predicted octanol–water partition coefficient (Wildman–Crippen LogP) is 4.30. The normalized spacial score (nSPS) is 12.5. The number of unbranched alkanes of at least 4 members (excludes halogenated alkanes) is 6. The first-order chi connectivity index (χ1) is 15.0.